The molecule has 0 aromatic heterocycles. The van der Waals surface area contributed by atoms with E-state index in [0.29, 0.717) is 0 Å². The predicted octanol–water partition coefficient (Wildman–Crippen LogP) is -2.17. The van der Waals surface area contributed by atoms with Crippen molar-refractivity contribution in [2.24, 2.45) is 0 Å². The molecule has 5 amide bonds. The highest BCUT2D eigenvalue weighted by atomic mass is 16.2. The number of carbonyl (C=O) groups excluding carboxylic acids is 3. The lowest BCUT2D eigenvalue weighted by Crippen LogP contribution is -2.64. The monoisotopic (exact) mass is 170 g/mol. The molecule has 7 heteroatoms. The minimum atomic E-state index is -0.699. The molecule has 2 aliphatic heterocycles. The fourth-order valence-corrected chi connectivity index (χ4v) is 1.19. The van der Waals surface area contributed by atoms with Crippen LogP contribution in [0.3, 0.4) is 0 Å². The lowest BCUT2D eigenvalue weighted by Gasteiger charge is -2.23. The molecule has 2 saturated heterocycles. The van der Waals surface area contributed by atoms with Crippen molar-refractivity contribution in [2.75, 3.05) is 0 Å². The average Bonchev–Trinajstić information content (AvgIpc) is 2.29. The molecule has 2 heterocycles. The summed E-state index contributed by atoms with van der Waals surface area (Å²) in [5.74, 6) is -0.498. The van der Waals surface area contributed by atoms with E-state index < -0.39 is 30.2 Å². The summed E-state index contributed by atoms with van der Waals surface area (Å²) in [6, 6.07) is -1.75. The summed E-state index contributed by atoms with van der Waals surface area (Å²) < 4.78 is 0. The number of imide groups is 1. The van der Waals surface area contributed by atoms with Gasteiger partial charge in [-0.15, -0.1) is 0 Å². The third kappa shape index (κ3) is 0.865. The molecule has 4 N–H and O–H groups in total. The van der Waals surface area contributed by atoms with Gasteiger partial charge >= 0.3 is 12.1 Å². The summed E-state index contributed by atoms with van der Waals surface area (Å²) in [5, 5.41) is 9.12. The lowest BCUT2D eigenvalue weighted by molar-refractivity contribution is -0.122. The Balaban J connectivity index is 2.20. The summed E-state index contributed by atoms with van der Waals surface area (Å²) in [7, 11) is 0. The molecule has 2 atom stereocenters. The number of hydrogen-bond acceptors (Lipinski definition) is 3. The van der Waals surface area contributed by atoms with E-state index in [1.165, 1.54) is 0 Å². The van der Waals surface area contributed by atoms with Crippen molar-refractivity contribution >= 4 is 18.0 Å². The van der Waals surface area contributed by atoms with Crippen LogP contribution in [0, 0.1) is 0 Å². The maximum atomic E-state index is 11.0. The van der Waals surface area contributed by atoms with Gasteiger partial charge in [0.15, 0.2) is 0 Å². The Kier molecular flexibility index (Phi) is 1.20. The Hall–Kier alpha value is -1.79. The van der Waals surface area contributed by atoms with Crippen molar-refractivity contribution < 1.29 is 14.4 Å². The molecule has 12 heavy (non-hydrogen) atoms. The Morgan fingerprint density at radius 3 is 2.33 bits per heavy atom. The summed E-state index contributed by atoms with van der Waals surface area (Å²) in [4.78, 5) is 32.4. The Labute approximate surface area is 66.9 Å². The summed E-state index contributed by atoms with van der Waals surface area (Å²) in [6.07, 6.45) is -0.626. The van der Waals surface area contributed by atoms with E-state index in [1.54, 1.807) is 0 Å². The Morgan fingerprint density at radius 2 is 1.58 bits per heavy atom. The second kappa shape index (κ2) is 2.10. The van der Waals surface area contributed by atoms with Crippen LogP contribution in [-0.2, 0) is 4.79 Å². The number of nitrogens with one attached hydrogen (secondary N) is 4. The van der Waals surface area contributed by atoms with Crippen molar-refractivity contribution in [3.05, 3.63) is 0 Å². The van der Waals surface area contributed by atoms with Crippen molar-refractivity contribution in [1.82, 2.24) is 21.3 Å². The van der Waals surface area contributed by atoms with Crippen LogP contribution in [0.5, 0.6) is 0 Å². The quantitative estimate of drug-likeness (QED) is 0.333. The van der Waals surface area contributed by atoms with E-state index in [0.717, 1.165) is 0 Å². The molecular weight excluding hydrogens is 164 g/mol. The number of urea groups is 2. The van der Waals surface area contributed by atoms with Gasteiger partial charge in [0.25, 0.3) is 5.91 Å². The van der Waals surface area contributed by atoms with Gasteiger partial charge in [0.2, 0.25) is 0 Å². The third-order valence-electron chi connectivity index (χ3n) is 1.71. The average molecular weight is 170 g/mol. The number of carbonyl (C=O) groups is 3. The van der Waals surface area contributed by atoms with Gasteiger partial charge in [0, 0.05) is 0 Å². The first-order valence-electron chi connectivity index (χ1n) is 3.35. The molecule has 0 saturated carbocycles. The highest BCUT2D eigenvalue weighted by Crippen LogP contribution is 2.02. The first-order valence-corrected chi connectivity index (χ1v) is 3.35. The van der Waals surface area contributed by atoms with Gasteiger partial charge in [-0.25, -0.2) is 9.59 Å². The first kappa shape index (κ1) is 6.89. The van der Waals surface area contributed by atoms with Crippen LogP contribution in [-0.4, -0.2) is 30.2 Å². The summed E-state index contributed by atoms with van der Waals surface area (Å²) in [6.45, 7) is 0. The van der Waals surface area contributed by atoms with E-state index in [1.807, 2.05) is 5.32 Å². The number of fused-ring (bicyclic) bond motifs is 1. The summed E-state index contributed by atoms with van der Waals surface area (Å²) in [5.41, 5.74) is 0. The molecule has 7 nitrogen and oxygen atoms in total. The van der Waals surface area contributed by atoms with E-state index in [-0.39, 0.29) is 0 Å². The van der Waals surface area contributed by atoms with E-state index in [4.69, 9.17) is 0 Å². The van der Waals surface area contributed by atoms with Crippen LogP contribution in [0.15, 0.2) is 0 Å². The number of amides is 5. The van der Waals surface area contributed by atoms with Crippen LogP contribution < -0.4 is 21.3 Å². The standard InChI is InChI=1S/C5H6N4O3/c10-3-1-2(7-4(11)6-1)8-5(12)9-3/h1-2H,(H2,6,7,11)(H2,8,9,10,12)/t1-,2+/m0/s1. The Bertz CT molecular complexity index is 276. The second-order valence-corrected chi connectivity index (χ2v) is 2.54. The van der Waals surface area contributed by atoms with E-state index >= 15 is 0 Å². The van der Waals surface area contributed by atoms with Crippen molar-refractivity contribution in [1.29, 1.82) is 0 Å². The smallest absolute Gasteiger partial charge is 0.323 e. The third-order valence-corrected chi connectivity index (χ3v) is 1.71. The van der Waals surface area contributed by atoms with E-state index in [2.05, 4.69) is 16.0 Å². The molecule has 0 aliphatic carbocycles. The molecule has 0 aromatic rings. The molecule has 64 valence electrons. The topological polar surface area (TPSA) is 99.3 Å². The van der Waals surface area contributed by atoms with E-state index in [9.17, 15) is 14.4 Å². The molecule has 2 rings (SSSR count). The zero-order chi connectivity index (χ0) is 8.72. The first-order chi connectivity index (χ1) is 5.66. The molecule has 2 aliphatic rings. The van der Waals surface area contributed by atoms with Crippen molar-refractivity contribution in [3.63, 3.8) is 0 Å². The van der Waals surface area contributed by atoms with Gasteiger partial charge in [-0.1, -0.05) is 0 Å². The number of hydrogen-bond donors (Lipinski definition) is 4. The maximum Gasteiger partial charge on any atom is 0.323 e. The van der Waals surface area contributed by atoms with Gasteiger partial charge in [-0.05, 0) is 0 Å². The molecule has 0 spiro atoms. The van der Waals surface area contributed by atoms with Crippen LogP contribution in [0.1, 0.15) is 0 Å². The minimum Gasteiger partial charge on any atom is -0.323 e. The molecule has 0 bridgehead atoms. The highest BCUT2D eigenvalue weighted by Gasteiger charge is 2.41. The molecular formula is C5H6N4O3. The highest BCUT2D eigenvalue weighted by molar-refractivity contribution is 6.03. The zero-order valence-corrected chi connectivity index (χ0v) is 5.88. The normalized spacial score (nSPS) is 32.8. The number of rotatable bonds is 0. The molecule has 0 unspecified atom stereocenters. The largest absolute Gasteiger partial charge is 0.323 e. The second-order valence-electron chi connectivity index (χ2n) is 2.54. The fourth-order valence-electron chi connectivity index (χ4n) is 1.19. The van der Waals surface area contributed by atoms with Crippen LogP contribution in [0.4, 0.5) is 9.59 Å². The minimum absolute atomic E-state index is 0.456. The van der Waals surface area contributed by atoms with Gasteiger partial charge in [-0.3, -0.25) is 10.1 Å². The SMILES string of the molecule is O=C1NC(=O)[C@H]2NC(=O)N[C@@H]2N1. The van der Waals surface area contributed by atoms with Gasteiger partial charge in [0.1, 0.15) is 12.2 Å². The van der Waals surface area contributed by atoms with Crippen LogP contribution in [0.25, 0.3) is 0 Å². The predicted molar refractivity (Wildman–Crippen MR) is 35.9 cm³/mol. The lowest BCUT2D eigenvalue weighted by atomic mass is 10.2. The molecule has 0 aromatic carbocycles. The van der Waals surface area contributed by atoms with Gasteiger partial charge < -0.3 is 16.0 Å². The molecule has 2 fully saturated rings. The maximum absolute atomic E-state index is 11.0. The zero-order valence-electron chi connectivity index (χ0n) is 5.88. The van der Waals surface area contributed by atoms with Crippen LogP contribution >= 0.6 is 0 Å². The molecule has 0 radical (unpaired) electrons. The fraction of sp³-hybridized carbons (Fsp3) is 0.400. The Morgan fingerprint density at radius 1 is 0.917 bits per heavy atom. The van der Waals surface area contributed by atoms with Gasteiger partial charge in [0.05, 0.1) is 0 Å². The van der Waals surface area contributed by atoms with Crippen molar-refractivity contribution in [3.8, 4) is 0 Å². The van der Waals surface area contributed by atoms with Crippen LogP contribution in [0.2, 0.25) is 0 Å². The van der Waals surface area contributed by atoms with Gasteiger partial charge in [-0.2, -0.15) is 0 Å². The van der Waals surface area contributed by atoms with Crippen molar-refractivity contribution in [2.45, 2.75) is 12.2 Å². The summed E-state index contributed by atoms with van der Waals surface area (Å²) >= 11 is 0.